The molecule has 0 bridgehead atoms. The number of likely N-dealkylation sites (tertiary alicyclic amines) is 1. The van der Waals surface area contributed by atoms with E-state index in [-0.39, 0.29) is 24.4 Å². The zero-order valence-corrected chi connectivity index (χ0v) is 13.5. The summed E-state index contributed by atoms with van der Waals surface area (Å²) in [7, 11) is 1.63. The summed E-state index contributed by atoms with van der Waals surface area (Å²) in [4.78, 5) is 18.9. The smallest absolute Gasteiger partial charge is 0.255 e. The maximum atomic E-state index is 12.6. The number of fused-ring (bicyclic) bond motifs is 1. The molecule has 2 N–H and O–H groups in total. The summed E-state index contributed by atoms with van der Waals surface area (Å²) in [6.07, 6.45) is 0.864. The summed E-state index contributed by atoms with van der Waals surface area (Å²) in [6.45, 7) is 3.21. The molecule has 1 saturated heterocycles. The van der Waals surface area contributed by atoms with Gasteiger partial charge in [0.15, 0.2) is 0 Å². The van der Waals surface area contributed by atoms with E-state index in [2.05, 4.69) is 4.98 Å². The first-order chi connectivity index (χ1) is 10.1. The van der Waals surface area contributed by atoms with Gasteiger partial charge in [0.2, 0.25) is 0 Å². The molecule has 1 aromatic heterocycles. The van der Waals surface area contributed by atoms with Crippen molar-refractivity contribution in [3.63, 3.8) is 0 Å². The summed E-state index contributed by atoms with van der Waals surface area (Å²) in [5.74, 6) is 0.782. The molecule has 0 unspecified atom stereocenters. The number of ether oxygens (including phenoxy) is 1. The number of aromatic nitrogens is 1. The number of carbonyl (C=O) groups is 1. The first-order valence-electron chi connectivity index (χ1n) is 7.08. The molecule has 1 aliphatic heterocycles. The second kappa shape index (κ2) is 6.50. The predicted molar refractivity (Wildman–Crippen MR) is 88.8 cm³/mol. The minimum Gasteiger partial charge on any atom is -0.497 e. The molecule has 1 aromatic carbocycles. The van der Waals surface area contributed by atoms with Crippen LogP contribution in [-0.4, -0.2) is 42.0 Å². The lowest BCUT2D eigenvalue weighted by Crippen LogP contribution is -2.32. The van der Waals surface area contributed by atoms with Crippen molar-refractivity contribution < 1.29 is 9.53 Å². The molecule has 0 saturated carbocycles. The number of nitrogens with zero attached hydrogens (tertiary/aromatic N) is 2. The van der Waals surface area contributed by atoms with Gasteiger partial charge < -0.3 is 15.4 Å². The Hall–Kier alpha value is -1.85. The van der Waals surface area contributed by atoms with Gasteiger partial charge in [0.25, 0.3) is 5.91 Å². The van der Waals surface area contributed by atoms with Gasteiger partial charge in [0.1, 0.15) is 5.75 Å². The van der Waals surface area contributed by atoms with Gasteiger partial charge in [-0.25, -0.2) is 0 Å². The monoisotopic (exact) mass is 321 g/mol. The van der Waals surface area contributed by atoms with Gasteiger partial charge in [-0.2, -0.15) is 0 Å². The van der Waals surface area contributed by atoms with Crippen molar-refractivity contribution in [1.82, 2.24) is 9.88 Å². The van der Waals surface area contributed by atoms with Crippen molar-refractivity contribution in [2.75, 3.05) is 20.2 Å². The number of rotatable bonds is 2. The molecule has 0 radical (unpaired) electrons. The second-order valence-electron chi connectivity index (χ2n) is 5.48. The molecule has 118 valence electrons. The number of amides is 1. The Morgan fingerprint density at radius 1 is 1.41 bits per heavy atom. The highest BCUT2D eigenvalue weighted by molar-refractivity contribution is 5.99. The van der Waals surface area contributed by atoms with Crippen LogP contribution in [0.3, 0.4) is 0 Å². The molecule has 1 atom stereocenters. The van der Waals surface area contributed by atoms with E-state index in [4.69, 9.17) is 10.5 Å². The molecule has 3 rings (SSSR count). The number of aryl methyl sites for hydroxylation is 1. The summed E-state index contributed by atoms with van der Waals surface area (Å²) in [6, 6.07) is 7.67. The average Bonchev–Trinajstić information content (AvgIpc) is 2.91. The van der Waals surface area contributed by atoms with Crippen molar-refractivity contribution in [2.45, 2.75) is 19.4 Å². The highest BCUT2D eigenvalue weighted by Gasteiger charge is 2.26. The van der Waals surface area contributed by atoms with Crippen LogP contribution in [-0.2, 0) is 0 Å². The number of carbonyl (C=O) groups excluding carboxylic acids is 1. The largest absolute Gasteiger partial charge is 0.497 e. The third-order valence-corrected chi connectivity index (χ3v) is 3.96. The fourth-order valence-electron chi connectivity index (χ4n) is 2.73. The Morgan fingerprint density at radius 3 is 2.82 bits per heavy atom. The fourth-order valence-corrected chi connectivity index (χ4v) is 2.73. The first kappa shape index (κ1) is 16.5. The highest BCUT2D eigenvalue weighted by Crippen LogP contribution is 2.23. The molecule has 5 nitrogen and oxygen atoms in total. The zero-order valence-electron chi connectivity index (χ0n) is 12.7. The summed E-state index contributed by atoms with van der Waals surface area (Å²) in [5.41, 5.74) is 8.10. The summed E-state index contributed by atoms with van der Waals surface area (Å²) in [5, 5.41) is 0.938. The van der Waals surface area contributed by atoms with E-state index in [0.717, 1.165) is 35.3 Å². The van der Waals surface area contributed by atoms with Gasteiger partial charge in [0.05, 0.1) is 23.9 Å². The van der Waals surface area contributed by atoms with E-state index in [1.54, 1.807) is 7.11 Å². The van der Waals surface area contributed by atoms with E-state index in [1.165, 1.54) is 0 Å². The van der Waals surface area contributed by atoms with Crippen LogP contribution in [0.2, 0.25) is 0 Å². The first-order valence-corrected chi connectivity index (χ1v) is 7.08. The quantitative estimate of drug-likeness (QED) is 0.920. The van der Waals surface area contributed by atoms with Crippen LogP contribution in [0.25, 0.3) is 10.9 Å². The van der Waals surface area contributed by atoms with Gasteiger partial charge in [-0.05, 0) is 31.5 Å². The topological polar surface area (TPSA) is 68.5 Å². The van der Waals surface area contributed by atoms with Crippen molar-refractivity contribution in [3.05, 3.63) is 35.5 Å². The molecule has 2 aromatic rings. The van der Waals surface area contributed by atoms with Gasteiger partial charge in [0, 0.05) is 30.6 Å². The molecule has 22 heavy (non-hydrogen) atoms. The number of hydrogen-bond donors (Lipinski definition) is 1. The minimum atomic E-state index is 0. The van der Waals surface area contributed by atoms with Crippen LogP contribution >= 0.6 is 12.4 Å². The third kappa shape index (κ3) is 3.00. The van der Waals surface area contributed by atoms with Crippen molar-refractivity contribution in [3.8, 4) is 5.75 Å². The zero-order chi connectivity index (χ0) is 15.0. The lowest BCUT2D eigenvalue weighted by molar-refractivity contribution is 0.0790. The molecular formula is C16H20ClN3O2. The van der Waals surface area contributed by atoms with Crippen LogP contribution in [0.15, 0.2) is 24.3 Å². The minimum absolute atomic E-state index is 0. The normalized spacial score (nSPS) is 17.4. The van der Waals surface area contributed by atoms with E-state index in [0.29, 0.717) is 12.1 Å². The van der Waals surface area contributed by atoms with E-state index >= 15 is 0 Å². The molecule has 0 spiro atoms. The number of nitrogens with two attached hydrogens (primary N) is 1. The standard InChI is InChI=1S/C16H19N3O2.ClH/c1-10-14(16(20)19-6-5-12(17)9-19)7-11-3-4-13(21-2)8-15(11)18-10;/h3-4,7-8,12H,5-6,9,17H2,1-2H3;1H/t12-;/m1./s1. The van der Waals surface area contributed by atoms with E-state index in [1.807, 2.05) is 36.1 Å². The van der Waals surface area contributed by atoms with E-state index < -0.39 is 0 Å². The SMILES string of the molecule is COc1ccc2cc(C(=O)N3CC[C@@H](N)C3)c(C)nc2c1.Cl. The van der Waals surface area contributed by atoms with Crippen molar-refractivity contribution >= 4 is 29.2 Å². The predicted octanol–water partition coefficient (Wildman–Crippen LogP) is 2.15. The fraction of sp³-hybridized carbons (Fsp3) is 0.375. The Balaban J connectivity index is 0.00000176. The number of methoxy groups -OCH3 is 1. The molecule has 1 fully saturated rings. The Bertz CT molecular complexity index is 705. The Labute approximate surface area is 135 Å². The second-order valence-corrected chi connectivity index (χ2v) is 5.48. The molecular weight excluding hydrogens is 302 g/mol. The van der Waals surface area contributed by atoms with Crippen molar-refractivity contribution in [2.24, 2.45) is 5.73 Å². The number of halogens is 1. The summed E-state index contributed by atoms with van der Waals surface area (Å²) < 4.78 is 5.20. The molecule has 1 amide bonds. The number of benzene rings is 1. The Kier molecular flexibility index (Phi) is 4.88. The molecule has 2 heterocycles. The lowest BCUT2D eigenvalue weighted by atomic mass is 10.1. The maximum absolute atomic E-state index is 12.6. The molecule has 1 aliphatic rings. The number of hydrogen-bond acceptors (Lipinski definition) is 4. The molecule has 6 heteroatoms. The third-order valence-electron chi connectivity index (χ3n) is 3.96. The van der Waals surface area contributed by atoms with Crippen LogP contribution in [0.1, 0.15) is 22.5 Å². The van der Waals surface area contributed by atoms with Crippen LogP contribution in [0.5, 0.6) is 5.75 Å². The Morgan fingerprint density at radius 2 is 2.18 bits per heavy atom. The van der Waals surface area contributed by atoms with Crippen LogP contribution < -0.4 is 10.5 Å². The summed E-state index contributed by atoms with van der Waals surface area (Å²) >= 11 is 0. The van der Waals surface area contributed by atoms with Crippen molar-refractivity contribution in [1.29, 1.82) is 0 Å². The van der Waals surface area contributed by atoms with Gasteiger partial charge in [-0.15, -0.1) is 12.4 Å². The van der Waals surface area contributed by atoms with Crippen LogP contribution in [0, 0.1) is 6.92 Å². The molecule has 0 aliphatic carbocycles. The van der Waals surface area contributed by atoms with Crippen LogP contribution in [0.4, 0.5) is 0 Å². The lowest BCUT2D eigenvalue weighted by Gasteiger charge is -2.17. The van der Waals surface area contributed by atoms with Gasteiger partial charge in [-0.3, -0.25) is 9.78 Å². The highest BCUT2D eigenvalue weighted by atomic mass is 35.5. The van der Waals surface area contributed by atoms with Gasteiger partial charge in [-0.1, -0.05) is 0 Å². The average molecular weight is 322 g/mol. The van der Waals surface area contributed by atoms with Gasteiger partial charge >= 0.3 is 0 Å². The maximum Gasteiger partial charge on any atom is 0.255 e. The van der Waals surface area contributed by atoms with E-state index in [9.17, 15) is 4.79 Å². The number of pyridine rings is 1.